The number of ether oxygens (including phenoxy) is 4. The Balaban J connectivity index is 1.35. The van der Waals surface area contributed by atoms with Crippen molar-refractivity contribution in [2.75, 3.05) is 27.2 Å². The van der Waals surface area contributed by atoms with Gasteiger partial charge in [0.2, 0.25) is 17.7 Å². The number of benzene rings is 1. The second-order valence-corrected chi connectivity index (χ2v) is 17.6. The van der Waals surface area contributed by atoms with Gasteiger partial charge in [0.1, 0.15) is 35.4 Å². The maximum atomic E-state index is 14.7. The first-order valence-electron chi connectivity index (χ1n) is 21.4. The molecule has 7 atom stereocenters. The molecule has 3 N–H and O–H groups in total. The largest absolute Gasteiger partial charge is 0.460 e. The molecule has 1 aromatic carbocycles. The van der Waals surface area contributed by atoms with Crippen LogP contribution in [0.25, 0.3) is 6.08 Å². The molecule has 328 valence electrons. The number of rotatable bonds is 21. The molecule has 0 radical (unpaired) electrons. The maximum Gasteiger partial charge on any atom is 0.327 e. The highest BCUT2D eigenvalue weighted by Gasteiger charge is 2.76. The average molecular weight is 827 g/mol. The molecule has 3 heterocycles. The van der Waals surface area contributed by atoms with Gasteiger partial charge in [-0.2, -0.15) is 5.06 Å². The number of likely N-dealkylation sites (N-methyl/N-ethyl adjacent to an activating group) is 1. The van der Waals surface area contributed by atoms with Gasteiger partial charge < -0.3 is 39.6 Å². The van der Waals surface area contributed by atoms with Crippen LogP contribution in [0.4, 0.5) is 0 Å². The van der Waals surface area contributed by atoms with Crippen molar-refractivity contribution in [3.63, 3.8) is 0 Å². The monoisotopic (exact) mass is 826 g/mol. The number of nitrogens with one attached hydrogen (secondary N) is 2. The van der Waals surface area contributed by atoms with Crippen molar-refractivity contribution in [1.82, 2.24) is 20.6 Å². The zero-order valence-corrected chi connectivity index (χ0v) is 36.0. The van der Waals surface area contributed by atoms with E-state index < -0.39 is 77.1 Å². The molecule has 1 aliphatic carbocycles. The van der Waals surface area contributed by atoms with E-state index in [0.29, 0.717) is 12.8 Å². The van der Waals surface area contributed by atoms with Crippen molar-refractivity contribution in [2.24, 2.45) is 5.41 Å². The number of hydrogen-bond acceptors (Lipinski definition) is 12. The van der Waals surface area contributed by atoms with Crippen LogP contribution in [-0.4, -0.2) is 120 Å². The van der Waals surface area contributed by atoms with Crippen molar-refractivity contribution in [1.29, 1.82) is 0 Å². The van der Waals surface area contributed by atoms with Gasteiger partial charge >= 0.3 is 11.9 Å². The third-order valence-corrected chi connectivity index (χ3v) is 11.5. The van der Waals surface area contributed by atoms with E-state index in [0.717, 1.165) is 49.7 Å². The number of carbonyl (C=O) groups is 5. The molecule has 15 nitrogen and oxygen atoms in total. The Labute approximate surface area is 348 Å². The van der Waals surface area contributed by atoms with Gasteiger partial charge in [-0.05, 0) is 57.2 Å². The van der Waals surface area contributed by atoms with Gasteiger partial charge in [0.15, 0.2) is 11.8 Å². The molecule has 5 rings (SSSR count). The number of nitrogens with zero attached hydrogens (tertiary/aromatic N) is 2. The summed E-state index contributed by atoms with van der Waals surface area (Å²) < 4.78 is 25.3. The van der Waals surface area contributed by atoms with Crippen molar-refractivity contribution in [2.45, 2.75) is 166 Å². The van der Waals surface area contributed by atoms with E-state index in [2.05, 4.69) is 24.5 Å². The van der Waals surface area contributed by atoms with E-state index in [1.807, 2.05) is 24.3 Å². The number of esters is 2. The summed E-state index contributed by atoms with van der Waals surface area (Å²) in [6.07, 6.45) is 7.69. The maximum absolute atomic E-state index is 14.7. The third-order valence-electron chi connectivity index (χ3n) is 11.5. The van der Waals surface area contributed by atoms with Gasteiger partial charge in [0.25, 0.3) is 0 Å². The fourth-order valence-corrected chi connectivity index (χ4v) is 8.58. The van der Waals surface area contributed by atoms with Crippen molar-refractivity contribution < 1.29 is 52.9 Å². The zero-order chi connectivity index (χ0) is 43.0. The normalized spacial score (nSPS) is 26.2. The second-order valence-electron chi connectivity index (χ2n) is 17.6. The SMILES string of the molecule is CCCCCC1(CCCCC)O[C@@H]2[C@H](O1)[C@H]1ON(Cc3ccc(C=CC(=O)N(C)C)cc3)[C@@H]3C(=O)O[C@@H]2C[C@]13C(=O)NCCC(=O)N[C@H](CO)CCC(=O)OC(C)(C)C. The van der Waals surface area contributed by atoms with E-state index >= 15 is 0 Å². The lowest BCUT2D eigenvalue weighted by Crippen LogP contribution is -2.69. The number of amides is 3. The summed E-state index contributed by atoms with van der Waals surface area (Å²) in [4.78, 5) is 74.4. The predicted molar refractivity (Wildman–Crippen MR) is 218 cm³/mol. The van der Waals surface area contributed by atoms with Gasteiger partial charge in [-0.25, -0.2) is 0 Å². The fourth-order valence-electron chi connectivity index (χ4n) is 8.58. The summed E-state index contributed by atoms with van der Waals surface area (Å²) in [7, 11) is 3.36. The molecule has 3 saturated heterocycles. The summed E-state index contributed by atoms with van der Waals surface area (Å²) in [6.45, 7) is 9.32. The van der Waals surface area contributed by atoms with Crippen LogP contribution >= 0.6 is 0 Å². The second kappa shape index (κ2) is 20.1. The first-order chi connectivity index (χ1) is 28.0. The van der Waals surface area contributed by atoms with Gasteiger partial charge in [0, 0.05) is 58.8 Å². The summed E-state index contributed by atoms with van der Waals surface area (Å²) in [5.41, 5.74) is -0.444. The number of carbonyl (C=O) groups excluding carboxylic acids is 5. The Morgan fingerprint density at radius 2 is 1.66 bits per heavy atom. The van der Waals surface area contributed by atoms with Gasteiger partial charge in [-0.15, -0.1) is 0 Å². The minimum absolute atomic E-state index is 0.0178. The van der Waals surface area contributed by atoms with Gasteiger partial charge in [0.05, 0.1) is 19.2 Å². The Kier molecular flexibility index (Phi) is 15.7. The predicted octanol–water partition coefficient (Wildman–Crippen LogP) is 4.33. The van der Waals surface area contributed by atoms with Gasteiger partial charge in [-0.3, -0.25) is 28.8 Å². The molecule has 1 saturated carbocycles. The molecule has 3 amide bonds. The Morgan fingerprint density at radius 1 is 1.00 bits per heavy atom. The average Bonchev–Trinajstić information content (AvgIpc) is 3.73. The summed E-state index contributed by atoms with van der Waals surface area (Å²) >= 11 is 0. The number of aliphatic hydroxyl groups is 1. The zero-order valence-electron chi connectivity index (χ0n) is 36.0. The highest BCUT2D eigenvalue weighted by Crippen LogP contribution is 2.58. The number of unbranched alkanes of at least 4 members (excludes halogenated alkanes) is 4. The van der Waals surface area contributed by atoms with E-state index in [1.165, 1.54) is 16.0 Å². The molecule has 15 heteroatoms. The van der Waals surface area contributed by atoms with Crippen LogP contribution in [0.1, 0.15) is 123 Å². The number of hydrogen-bond donors (Lipinski definition) is 3. The molecular weight excluding hydrogens is 761 g/mol. The smallest absolute Gasteiger partial charge is 0.327 e. The third kappa shape index (κ3) is 11.3. The topological polar surface area (TPSA) is 182 Å². The van der Waals surface area contributed by atoms with Crippen LogP contribution in [0.15, 0.2) is 30.3 Å². The quantitative estimate of drug-likeness (QED) is 0.0908. The standard InChI is InChI=1S/C44H66N4O11/c1-8-10-12-23-43(24-13-11-9-2)57-36-32-26-44(41(54)45-25-22-33(50)46-31(28-49)19-21-35(52)56-42(3,4)5)38(40(53)55-32)48(59-39(44)37(36)58-43)27-30-16-14-29(15-17-30)18-20-34(51)47(6)7/h14-18,20,31-32,36-39,49H,8-13,19,21-28H2,1-7H3,(H,45,54)(H,46,50)/t31-,32+,36-,37-,38+,39+,44+/m0/s1. The van der Waals surface area contributed by atoms with E-state index in [-0.39, 0.29) is 51.3 Å². The molecule has 4 aliphatic rings. The first-order valence-corrected chi connectivity index (χ1v) is 21.4. The highest BCUT2D eigenvalue weighted by molar-refractivity contribution is 5.94. The van der Waals surface area contributed by atoms with Crippen LogP contribution in [0.5, 0.6) is 0 Å². The van der Waals surface area contributed by atoms with Crippen molar-refractivity contribution >= 4 is 35.7 Å². The van der Waals surface area contributed by atoms with Crippen molar-refractivity contribution in [3.05, 3.63) is 41.5 Å². The van der Waals surface area contributed by atoms with E-state index in [4.69, 9.17) is 23.8 Å². The van der Waals surface area contributed by atoms with Crippen LogP contribution in [0.2, 0.25) is 0 Å². The Morgan fingerprint density at radius 3 is 2.27 bits per heavy atom. The van der Waals surface area contributed by atoms with Crippen LogP contribution < -0.4 is 10.6 Å². The molecular formula is C44H66N4O11. The summed E-state index contributed by atoms with van der Waals surface area (Å²) in [5.74, 6) is -2.93. The number of aliphatic hydroxyl groups excluding tert-OH is 1. The lowest BCUT2D eigenvalue weighted by atomic mass is 9.62. The van der Waals surface area contributed by atoms with E-state index in [1.54, 1.807) is 40.9 Å². The first kappa shape index (κ1) is 46.2. The van der Waals surface area contributed by atoms with Crippen LogP contribution in [-0.2, 0) is 54.3 Å². The highest BCUT2D eigenvalue weighted by atomic mass is 16.8. The lowest BCUT2D eigenvalue weighted by molar-refractivity contribution is -0.224. The molecule has 0 aromatic heterocycles. The Hall–Kier alpha value is -3.89. The number of fused-ring (bicyclic) bond motifs is 4. The summed E-state index contributed by atoms with van der Waals surface area (Å²) in [5, 5.41) is 17.1. The summed E-state index contributed by atoms with van der Waals surface area (Å²) in [6, 6.07) is 5.71. The van der Waals surface area contributed by atoms with Crippen molar-refractivity contribution in [3.8, 4) is 0 Å². The minimum atomic E-state index is -1.42. The molecule has 0 unspecified atom stereocenters. The molecule has 4 fully saturated rings. The van der Waals surface area contributed by atoms with Gasteiger partial charge in [-0.1, -0.05) is 63.8 Å². The molecule has 1 aromatic rings. The minimum Gasteiger partial charge on any atom is -0.460 e. The molecule has 2 bridgehead atoms. The lowest BCUT2D eigenvalue weighted by Gasteiger charge is -2.48. The van der Waals surface area contributed by atoms with E-state index in [9.17, 15) is 29.1 Å². The molecule has 0 spiro atoms. The fraction of sp³-hybridized carbons (Fsp3) is 0.705. The molecule has 59 heavy (non-hydrogen) atoms. The van der Waals surface area contributed by atoms with Crippen LogP contribution in [0, 0.1) is 5.41 Å². The number of hydroxylamine groups is 2. The van der Waals surface area contributed by atoms with Crippen LogP contribution in [0.3, 0.4) is 0 Å². The Bertz CT molecular complexity index is 1650. The molecule has 3 aliphatic heterocycles.